The number of thiol groups is 1. The normalized spacial score (nSPS) is 25.6. The van der Waals surface area contributed by atoms with Crippen molar-refractivity contribution in [2.24, 2.45) is 5.92 Å². The van der Waals surface area contributed by atoms with Crippen molar-refractivity contribution in [1.29, 1.82) is 0 Å². The van der Waals surface area contributed by atoms with Crippen molar-refractivity contribution in [3.8, 4) is 0 Å². The Hall–Kier alpha value is -2.70. The van der Waals surface area contributed by atoms with Crippen LogP contribution in [0.5, 0.6) is 0 Å². The summed E-state index contributed by atoms with van der Waals surface area (Å²) in [6, 6.07) is 0. The van der Waals surface area contributed by atoms with Crippen LogP contribution in [0.1, 0.15) is 50.6 Å². The summed E-state index contributed by atoms with van der Waals surface area (Å²) in [5.41, 5.74) is 11.7. The fourth-order valence-corrected chi connectivity index (χ4v) is 7.80. The topological polar surface area (TPSA) is 227 Å². The SMILES string of the molecule is CCCC(O)[C@@H](OP(O)(=S)OC[C@]12CC[C@H](C1)[C@H](n1cnc3c(N)ncnc31)O2)[C@@H](S)n1cnc2c(=O)[nH]c(N)nc21. The number of aromatic nitrogens is 8. The van der Waals surface area contributed by atoms with Gasteiger partial charge in [0.15, 0.2) is 22.6 Å². The highest BCUT2D eigenvalue weighted by atomic mass is 32.5. The molecule has 0 spiro atoms. The van der Waals surface area contributed by atoms with Crippen molar-refractivity contribution in [3.05, 3.63) is 29.3 Å². The number of ether oxygens (including phenoxy) is 1. The smallest absolute Gasteiger partial charge is 0.325 e. The Balaban J connectivity index is 1.19. The maximum Gasteiger partial charge on any atom is 0.325 e. The van der Waals surface area contributed by atoms with E-state index in [0.29, 0.717) is 36.8 Å². The molecule has 16 nitrogen and oxygen atoms in total. The Morgan fingerprint density at radius 1 is 1.29 bits per heavy atom. The summed E-state index contributed by atoms with van der Waals surface area (Å²) in [6.45, 7) is -2.07. The maximum absolute atomic E-state index is 12.3. The van der Waals surface area contributed by atoms with Crippen LogP contribution in [0.3, 0.4) is 0 Å². The monoisotopic (exact) mass is 638 g/mol. The standard InChI is InChI=1S/C23H31N10O6PS2/c1-2-3-12(34)15(21(41)33-10-29-14-18(33)30-22(25)31-19(14)35)39-40(36,42)37-7-23-5-4-11(6-23)20(38-23)32-9-28-13-16(24)26-8-27-17(13)32/h8-12,15,20-21,34,41H,2-7H2,1H3,(H,36,42)(H2,24,26,27)(H3,25,30,31,35)/t11-,12?,15-,20-,21-,23+,40?/m1/s1. The largest absolute Gasteiger partial charge is 0.390 e. The van der Waals surface area contributed by atoms with Crippen molar-refractivity contribution >= 4 is 65.2 Å². The number of H-pyrrole nitrogens is 1. The number of aliphatic hydroxyl groups is 1. The highest BCUT2D eigenvalue weighted by molar-refractivity contribution is 8.07. The number of anilines is 2. The van der Waals surface area contributed by atoms with E-state index in [2.05, 4.69) is 42.5 Å². The summed E-state index contributed by atoms with van der Waals surface area (Å²) >= 11 is 10.0. The highest BCUT2D eigenvalue weighted by Gasteiger charge is 2.54. The fourth-order valence-electron chi connectivity index (χ4n) is 5.80. The first-order valence-electron chi connectivity index (χ1n) is 13.4. The van der Waals surface area contributed by atoms with E-state index < -0.39 is 35.5 Å². The van der Waals surface area contributed by atoms with Gasteiger partial charge in [-0.2, -0.15) is 17.6 Å². The van der Waals surface area contributed by atoms with Gasteiger partial charge in [0.2, 0.25) is 5.95 Å². The summed E-state index contributed by atoms with van der Waals surface area (Å²) < 4.78 is 21.5. The number of nitrogens with one attached hydrogen (secondary N) is 1. The lowest BCUT2D eigenvalue weighted by Crippen LogP contribution is -2.36. The van der Waals surface area contributed by atoms with Crippen molar-refractivity contribution < 1.29 is 23.8 Å². The molecule has 7 N–H and O–H groups in total. The molecule has 5 heterocycles. The Bertz CT molecular complexity index is 1730. The number of aliphatic hydroxyl groups excluding tert-OH is 1. The third kappa shape index (κ3) is 5.30. The van der Waals surface area contributed by atoms with Gasteiger partial charge in [0.25, 0.3) is 5.56 Å². The summed E-state index contributed by atoms with van der Waals surface area (Å²) in [6.07, 6.45) is 4.96. The van der Waals surface area contributed by atoms with Crippen LogP contribution in [-0.2, 0) is 25.6 Å². The molecule has 4 aromatic heterocycles. The molecule has 4 aromatic rings. The number of hydrogen-bond donors (Lipinski definition) is 6. The molecule has 42 heavy (non-hydrogen) atoms. The summed E-state index contributed by atoms with van der Waals surface area (Å²) in [4.78, 5) is 46.7. The van der Waals surface area contributed by atoms with Crippen LogP contribution in [0.15, 0.2) is 23.8 Å². The predicted octanol–water partition coefficient (Wildman–Crippen LogP) is 1.40. The maximum atomic E-state index is 12.3. The van der Waals surface area contributed by atoms with E-state index in [4.69, 9.17) is 37.1 Å². The van der Waals surface area contributed by atoms with Gasteiger partial charge in [-0.05, 0) is 37.5 Å². The molecule has 0 aromatic carbocycles. The number of nitrogens with zero attached hydrogens (tertiary/aromatic N) is 7. The minimum atomic E-state index is -3.94. The molecule has 19 heteroatoms. The first-order chi connectivity index (χ1) is 20.0. The van der Waals surface area contributed by atoms with Crippen molar-refractivity contribution in [2.75, 3.05) is 18.1 Å². The molecule has 0 radical (unpaired) electrons. The van der Waals surface area contributed by atoms with Gasteiger partial charge in [-0.3, -0.25) is 23.4 Å². The number of aromatic amines is 1. The van der Waals surface area contributed by atoms with Crippen LogP contribution < -0.4 is 17.0 Å². The molecule has 1 aliphatic heterocycles. The zero-order valence-electron chi connectivity index (χ0n) is 22.5. The van der Waals surface area contributed by atoms with E-state index in [0.717, 1.165) is 6.42 Å². The quantitative estimate of drug-likeness (QED) is 0.101. The van der Waals surface area contributed by atoms with Crippen LogP contribution >= 0.6 is 19.3 Å². The Kier molecular flexibility index (Phi) is 7.76. The molecule has 1 aliphatic carbocycles. The van der Waals surface area contributed by atoms with Crippen LogP contribution in [0.25, 0.3) is 22.3 Å². The fraction of sp³-hybridized carbons (Fsp3) is 0.565. The van der Waals surface area contributed by atoms with Gasteiger partial charge in [0, 0.05) is 5.92 Å². The number of hydrogen-bond acceptors (Lipinski definition) is 14. The average Bonchev–Trinajstić information content (AvgIpc) is 3.73. The van der Waals surface area contributed by atoms with E-state index in [9.17, 15) is 14.8 Å². The van der Waals surface area contributed by atoms with Crippen LogP contribution in [-0.4, -0.2) is 73.5 Å². The minimum absolute atomic E-state index is 0.0210. The van der Waals surface area contributed by atoms with Gasteiger partial charge >= 0.3 is 6.72 Å². The van der Waals surface area contributed by atoms with Crippen molar-refractivity contribution in [2.45, 2.75) is 68.4 Å². The Morgan fingerprint density at radius 2 is 2.07 bits per heavy atom. The number of imidazole rings is 2. The van der Waals surface area contributed by atoms with E-state index in [1.165, 1.54) is 17.2 Å². The third-order valence-corrected chi connectivity index (χ3v) is 9.86. The average molecular weight is 639 g/mol. The third-order valence-electron chi connectivity index (χ3n) is 7.78. The number of nitrogen functional groups attached to an aromatic ring is 2. The second-order valence-electron chi connectivity index (χ2n) is 10.6. The van der Waals surface area contributed by atoms with Crippen LogP contribution in [0, 0.1) is 5.92 Å². The molecular formula is C23H31N10O6PS2. The van der Waals surface area contributed by atoms with Crippen molar-refractivity contribution in [1.82, 2.24) is 39.0 Å². The molecule has 7 atom stereocenters. The van der Waals surface area contributed by atoms with Gasteiger partial charge < -0.3 is 30.7 Å². The molecule has 226 valence electrons. The summed E-state index contributed by atoms with van der Waals surface area (Å²) in [7, 11) is 0. The summed E-state index contributed by atoms with van der Waals surface area (Å²) in [5.74, 6) is 0.342. The zero-order valence-corrected chi connectivity index (χ0v) is 25.1. The zero-order chi connectivity index (χ0) is 29.8. The van der Waals surface area contributed by atoms with Gasteiger partial charge in [-0.25, -0.2) is 19.9 Å². The molecule has 6 rings (SSSR count). The summed E-state index contributed by atoms with van der Waals surface area (Å²) in [5, 5.41) is 10.0. The van der Waals surface area contributed by atoms with Crippen LogP contribution in [0.2, 0.25) is 0 Å². The van der Waals surface area contributed by atoms with E-state index >= 15 is 0 Å². The van der Waals surface area contributed by atoms with Crippen LogP contribution in [0.4, 0.5) is 11.8 Å². The lowest BCUT2D eigenvalue weighted by Gasteiger charge is -2.34. The molecular weight excluding hydrogens is 607 g/mol. The van der Waals surface area contributed by atoms with E-state index in [1.54, 1.807) is 6.33 Å². The first-order valence-corrected chi connectivity index (χ1v) is 16.5. The Morgan fingerprint density at radius 3 is 2.86 bits per heavy atom. The molecule has 2 aliphatic rings. The second kappa shape index (κ2) is 11.1. The first kappa shape index (κ1) is 29.4. The highest BCUT2D eigenvalue weighted by Crippen LogP contribution is 2.56. The lowest BCUT2D eigenvalue weighted by molar-refractivity contribution is -0.122. The molecule has 2 bridgehead atoms. The van der Waals surface area contributed by atoms with Gasteiger partial charge in [-0.15, -0.1) is 0 Å². The Labute approximate surface area is 249 Å². The second-order valence-corrected chi connectivity index (χ2v) is 14.0. The van der Waals surface area contributed by atoms with Gasteiger partial charge in [0.1, 0.15) is 29.5 Å². The number of rotatable bonds is 11. The molecule has 2 unspecified atom stereocenters. The minimum Gasteiger partial charge on any atom is -0.390 e. The predicted molar refractivity (Wildman–Crippen MR) is 159 cm³/mol. The molecule has 2 fully saturated rings. The van der Waals surface area contributed by atoms with Gasteiger partial charge in [0.05, 0.1) is 31.0 Å². The van der Waals surface area contributed by atoms with Crippen molar-refractivity contribution in [3.63, 3.8) is 0 Å². The molecule has 1 saturated carbocycles. The lowest BCUT2D eigenvalue weighted by atomic mass is 10.0. The number of nitrogens with two attached hydrogens (primary N) is 2. The molecule has 1 saturated heterocycles. The number of fused-ring (bicyclic) bond motifs is 4. The molecule has 0 amide bonds. The van der Waals surface area contributed by atoms with E-state index in [-0.39, 0.29) is 41.7 Å². The van der Waals surface area contributed by atoms with Gasteiger partial charge in [-0.1, -0.05) is 13.3 Å². The van der Waals surface area contributed by atoms with E-state index in [1.807, 2.05) is 11.5 Å².